The lowest BCUT2D eigenvalue weighted by atomic mass is 9.75. The van der Waals surface area contributed by atoms with Crippen LogP contribution in [0.1, 0.15) is 45.6 Å². The first-order valence-corrected chi connectivity index (χ1v) is 9.81. The Balaban J connectivity index is 1.84. The molecule has 0 bridgehead atoms. The minimum atomic E-state index is -0.561. The monoisotopic (exact) mass is 400 g/mol. The van der Waals surface area contributed by atoms with E-state index in [-0.39, 0.29) is 12.5 Å². The van der Waals surface area contributed by atoms with Crippen LogP contribution in [0.5, 0.6) is 0 Å². The number of rotatable bonds is 6. The van der Waals surface area contributed by atoms with Crippen LogP contribution in [0, 0.1) is 17.8 Å². The number of halogens is 2. The van der Waals surface area contributed by atoms with Gasteiger partial charge in [-0.2, -0.15) is 0 Å². The third-order valence-electron chi connectivity index (χ3n) is 4.98. The largest absolute Gasteiger partial charge is 0.460 e. The van der Waals surface area contributed by atoms with E-state index in [2.05, 4.69) is 20.8 Å². The van der Waals surface area contributed by atoms with E-state index in [1.165, 1.54) is 0 Å². The summed E-state index contributed by atoms with van der Waals surface area (Å²) in [4.78, 5) is 24.1. The van der Waals surface area contributed by atoms with Crippen LogP contribution in [0.4, 0.5) is 0 Å². The number of benzene rings is 1. The molecular formula is C20H26Cl2O4. The predicted octanol–water partition coefficient (Wildman–Crippen LogP) is 5.08. The minimum Gasteiger partial charge on any atom is -0.460 e. The van der Waals surface area contributed by atoms with Crippen molar-refractivity contribution in [3.63, 3.8) is 0 Å². The molecule has 0 N–H and O–H groups in total. The summed E-state index contributed by atoms with van der Waals surface area (Å²) < 4.78 is 10.7. The molecule has 0 aromatic heterocycles. The van der Waals surface area contributed by atoms with Crippen LogP contribution in [0.2, 0.25) is 10.0 Å². The van der Waals surface area contributed by atoms with E-state index < -0.39 is 18.5 Å². The second kappa shape index (κ2) is 9.61. The Hall–Kier alpha value is -1.26. The number of carbonyl (C=O) groups excluding carboxylic acids is 2. The van der Waals surface area contributed by atoms with E-state index in [0.717, 1.165) is 19.3 Å². The van der Waals surface area contributed by atoms with E-state index in [1.54, 1.807) is 18.2 Å². The highest BCUT2D eigenvalue weighted by Crippen LogP contribution is 2.35. The number of esters is 2. The van der Waals surface area contributed by atoms with Crippen LogP contribution >= 0.6 is 23.2 Å². The fraction of sp³-hybridized carbons (Fsp3) is 0.600. The van der Waals surface area contributed by atoms with Crippen LogP contribution in [0.25, 0.3) is 0 Å². The van der Waals surface area contributed by atoms with Gasteiger partial charge in [0.05, 0.1) is 6.42 Å². The average Bonchev–Trinajstić information content (AvgIpc) is 2.56. The Morgan fingerprint density at radius 2 is 1.81 bits per heavy atom. The van der Waals surface area contributed by atoms with E-state index in [9.17, 15) is 9.59 Å². The van der Waals surface area contributed by atoms with Gasteiger partial charge in [-0.15, -0.1) is 0 Å². The van der Waals surface area contributed by atoms with Crippen LogP contribution < -0.4 is 0 Å². The zero-order valence-electron chi connectivity index (χ0n) is 15.5. The lowest BCUT2D eigenvalue weighted by Crippen LogP contribution is -2.36. The molecule has 1 aromatic carbocycles. The Kier molecular flexibility index (Phi) is 7.78. The van der Waals surface area contributed by atoms with Gasteiger partial charge in [-0.25, -0.2) is 4.79 Å². The van der Waals surface area contributed by atoms with Gasteiger partial charge in [-0.3, -0.25) is 4.79 Å². The molecule has 1 aromatic rings. The van der Waals surface area contributed by atoms with Gasteiger partial charge in [0.25, 0.3) is 0 Å². The Labute approximate surface area is 165 Å². The van der Waals surface area contributed by atoms with Crippen molar-refractivity contribution in [2.24, 2.45) is 17.8 Å². The standard InChI is InChI=1S/C20H26Cl2O4/c1-12(2)14-8-7-13(3)9-18(14)26-20(24)11-25-19(23)10-15-16(21)5-4-6-17(15)22/h4-6,12-14,18H,7-11H2,1-3H3/t13-,14-,18-/m1/s1. The highest BCUT2D eigenvalue weighted by atomic mass is 35.5. The maximum atomic E-state index is 12.1. The Morgan fingerprint density at radius 1 is 1.15 bits per heavy atom. The summed E-state index contributed by atoms with van der Waals surface area (Å²) in [5.41, 5.74) is 0.496. The van der Waals surface area contributed by atoms with Crippen LogP contribution in [-0.2, 0) is 25.5 Å². The van der Waals surface area contributed by atoms with Gasteiger partial charge in [0.2, 0.25) is 0 Å². The van der Waals surface area contributed by atoms with Crippen molar-refractivity contribution >= 4 is 35.1 Å². The maximum Gasteiger partial charge on any atom is 0.344 e. The summed E-state index contributed by atoms with van der Waals surface area (Å²) in [7, 11) is 0. The molecule has 0 unspecified atom stereocenters. The number of hydrogen-bond acceptors (Lipinski definition) is 4. The van der Waals surface area contributed by atoms with Gasteiger partial charge in [0, 0.05) is 15.6 Å². The second-order valence-electron chi connectivity index (χ2n) is 7.39. The quantitative estimate of drug-likeness (QED) is 0.624. The third kappa shape index (κ3) is 5.88. The van der Waals surface area contributed by atoms with Crippen molar-refractivity contribution in [1.29, 1.82) is 0 Å². The first-order chi connectivity index (χ1) is 12.3. The molecule has 0 amide bonds. The van der Waals surface area contributed by atoms with Gasteiger partial charge in [-0.1, -0.05) is 56.5 Å². The maximum absolute atomic E-state index is 12.1. The number of carbonyl (C=O) groups is 2. The molecular weight excluding hydrogens is 375 g/mol. The summed E-state index contributed by atoms with van der Waals surface area (Å²) in [5.74, 6) is 0.272. The van der Waals surface area contributed by atoms with Crippen LogP contribution in [-0.4, -0.2) is 24.6 Å². The highest BCUT2D eigenvalue weighted by Gasteiger charge is 2.33. The molecule has 0 radical (unpaired) electrons. The second-order valence-corrected chi connectivity index (χ2v) is 8.21. The van der Waals surface area contributed by atoms with Gasteiger partial charge < -0.3 is 9.47 Å². The normalized spacial score (nSPS) is 22.9. The predicted molar refractivity (Wildman–Crippen MR) is 102 cm³/mol. The van der Waals surface area contributed by atoms with Crippen molar-refractivity contribution in [3.05, 3.63) is 33.8 Å². The van der Waals surface area contributed by atoms with Crippen molar-refractivity contribution in [1.82, 2.24) is 0 Å². The molecule has 26 heavy (non-hydrogen) atoms. The summed E-state index contributed by atoms with van der Waals surface area (Å²) in [6.07, 6.45) is 2.88. The van der Waals surface area contributed by atoms with E-state index >= 15 is 0 Å². The Bertz CT molecular complexity index is 624. The molecule has 0 saturated heterocycles. The average molecular weight is 401 g/mol. The summed E-state index contributed by atoms with van der Waals surface area (Å²) >= 11 is 12.1. The van der Waals surface area contributed by atoms with Crippen LogP contribution in [0.15, 0.2) is 18.2 Å². The first-order valence-electron chi connectivity index (χ1n) is 9.06. The minimum absolute atomic E-state index is 0.0825. The van der Waals surface area contributed by atoms with Crippen LogP contribution in [0.3, 0.4) is 0 Å². The highest BCUT2D eigenvalue weighted by molar-refractivity contribution is 6.36. The molecule has 0 aliphatic heterocycles. The lowest BCUT2D eigenvalue weighted by molar-refractivity contribution is -0.166. The summed E-state index contributed by atoms with van der Waals surface area (Å²) in [5, 5.41) is 0.793. The lowest BCUT2D eigenvalue weighted by Gasteiger charge is -2.36. The molecule has 144 valence electrons. The topological polar surface area (TPSA) is 52.6 Å². The Morgan fingerprint density at radius 3 is 2.42 bits per heavy atom. The molecule has 2 rings (SSSR count). The summed E-state index contributed by atoms with van der Waals surface area (Å²) in [6, 6.07) is 5.01. The van der Waals surface area contributed by atoms with Crippen molar-refractivity contribution in [2.75, 3.05) is 6.61 Å². The fourth-order valence-corrected chi connectivity index (χ4v) is 4.02. The first kappa shape index (κ1) is 21.0. The number of hydrogen-bond donors (Lipinski definition) is 0. The molecule has 1 fully saturated rings. The SMILES string of the molecule is CC(C)[C@H]1CC[C@@H](C)C[C@H]1OC(=O)COC(=O)Cc1c(Cl)cccc1Cl. The van der Waals surface area contributed by atoms with Gasteiger partial charge in [-0.05, 0) is 42.7 Å². The van der Waals surface area contributed by atoms with Gasteiger partial charge in [0.15, 0.2) is 6.61 Å². The molecule has 0 spiro atoms. The van der Waals surface area contributed by atoms with Gasteiger partial charge in [0.1, 0.15) is 6.10 Å². The molecule has 0 heterocycles. The van der Waals surface area contributed by atoms with Gasteiger partial charge >= 0.3 is 11.9 Å². The molecule has 6 heteroatoms. The summed E-state index contributed by atoms with van der Waals surface area (Å²) in [6.45, 7) is 6.07. The molecule has 1 aliphatic rings. The van der Waals surface area contributed by atoms with Crippen molar-refractivity contribution in [2.45, 2.75) is 52.6 Å². The molecule has 1 saturated carbocycles. The van der Waals surface area contributed by atoms with E-state index in [0.29, 0.717) is 33.4 Å². The molecule has 1 aliphatic carbocycles. The van der Waals surface area contributed by atoms with E-state index in [1.807, 2.05) is 0 Å². The smallest absolute Gasteiger partial charge is 0.344 e. The van der Waals surface area contributed by atoms with Crippen molar-refractivity contribution < 1.29 is 19.1 Å². The zero-order chi connectivity index (χ0) is 19.3. The van der Waals surface area contributed by atoms with Crippen molar-refractivity contribution in [3.8, 4) is 0 Å². The molecule has 4 nitrogen and oxygen atoms in total. The fourth-order valence-electron chi connectivity index (χ4n) is 3.49. The molecule has 3 atom stereocenters. The third-order valence-corrected chi connectivity index (χ3v) is 5.69. The van der Waals surface area contributed by atoms with E-state index in [4.69, 9.17) is 32.7 Å². The number of ether oxygens (including phenoxy) is 2. The zero-order valence-corrected chi connectivity index (χ0v) is 17.0.